The van der Waals surface area contributed by atoms with E-state index in [1.807, 2.05) is 48.5 Å². The minimum absolute atomic E-state index is 0. The second-order valence-corrected chi connectivity index (χ2v) is 20.7. The summed E-state index contributed by atoms with van der Waals surface area (Å²) < 4.78 is 54.7. The molecule has 0 saturated carbocycles. The lowest BCUT2D eigenvalue weighted by Crippen LogP contribution is -2.37. The SMILES string of the molecule is C.CC(C)c1cc(C(C)C)c(C(C)(C)C)c(C(C)C)c1.Cc1ccc(C)n1C(C)(C)C.[2H]c1c([2H])c2c(c([2H])c1C)C(C)(C)c1c([2H])c(C(C)(C)C)c([2H])c([2H])c1C2(C)C. The Morgan fingerprint density at radius 3 is 1.31 bits per heavy atom. The Balaban J connectivity index is 0.000000343. The highest BCUT2D eigenvalue weighted by Crippen LogP contribution is 2.50. The van der Waals surface area contributed by atoms with E-state index >= 15 is 0 Å². The molecule has 4 aromatic rings. The highest BCUT2D eigenvalue weighted by molar-refractivity contribution is 5.60. The first-order valence-corrected chi connectivity index (χ1v) is 20.1. The van der Waals surface area contributed by atoms with Crippen molar-refractivity contribution in [1.82, 2.24) is 4.57 Å². The Morgan fingerprint density at radius 2 is 0.963 bits per heavy atom. The third kappa shape index (κ3) is 10.0. The quantitative estimate of drug-likeness (QED) is 0.197. The van der Waals surface area contributed by atoms with Crippen LogP contribution in [0.15, 0.2) is 60.5 Å². The Morgan fingerprint density at radius 1 is 0.556 bits per heavy atom. The molecule has 5 rings (SSSR count). The van der Waals surface area contributed by atoms with Crippen LogP contribution in [-0.2, 0) is 27.2 Å². The van der Waals surface area contributed by atoms with Gasteiger partial charge in [0.15, 0.2) is 0 Å². The van der Waals surface area contributed by atoms with E-state index in [0.717, 1.165) is 0 Å². The fourth-order valence-corrected chi connectivity index (χ4v) is 7.95. The van der Waals surface area contributed by atoms with Crippen LogP contribution in [0, 0.1) is 20.8 Å². The number of rotatable bonds is 3. The molecular formula is C53H83N. The van der Waals surface area contributed by atoms with Crippen molar-refractivity contribution in [2.75, 3.05) is 0 Å². The van der Waals surface area contributed by atoms with Gasteiger partial charge in [-0.3, -0.25) is 0 Å². The Bertz CT molecular complexity index is 2140. The fourth-order valence-electron chi connectivity index (χ4n) is 7.95. The largest absolute Gasteiger partial charge is 0.344 e. The number of aryl methyl sites for hydroxylation is 2. The highest BCUT2D eigenvalue weighted by atomic mass is 15.1. The van der Waals surface area contributed by atoms with Gasteiger partial charge >= 0.3 is 0 Å². The molecule has 0 bridgehead atoms. The van der Waals surface area contributed by atoms with Crippen molar-refractivity contribution in [2.24, 2.45) is 0 Å². The van der Waals surface area contributed by atoms with Crippen molar-refractivity contribution in [3.05, 3.63) is 128 Å². The molecule has 3 aromatic carbocycles. The van der Waals surface area contributed by atoms with E-state index in [1.54, 1.807) is 23.6 Å². The molecule has 0 atom stereocenters. The molecule has 1 heterocycles. The summed E-state index contributed by atoms with van der Waals surface area (Å²) in [4.78, 5) is 0. The van der Waals surface area contributed by atoms with E-state index in [9.17, 15) is 0 Å². The molecule has 0 N–H and O–H groups in total. The number of fused-ring (bicyclic) bond motifs is 2. The number of nitrogens with zero attached hydrogens (tertiary/aromatic N) is 1. The molecule has 0 unspecified atom stereocenters. The number of hydrogen-bond donors (Lipinski definition) is 0. The lowest BCUT2D eigenvalue weighted by Gasteiger charge is -2.44. The van der Waals surface area contributed by atoms with Crippen LogP contribution in [0.5, 0.6) is 0 Å². The number of aromatic nitrogens is 1. The number of benzene rings is 3. The van der Waals surface area contributed by atoms with Crippen LogP contribution in [0.25, 0.3) is 0 Å². The maximum absolute atomic E-state index is 9.06. The molecule has 0 spiro atoms. The molecule has 1 aromatic heterocycles. The van der Waals surface area contributed by atoms with E-state index in [2.05, 4.69) is 126 Å². The summed E-state index contributed by atoms with van der Waals surface area (Å²) in [7, 11) is 0. The van der Waals surface area contributed by atoms with Crippen LogP contribution in [0.2, 0.25) is 0 Å². The zero-order valence-corrected chi connectivity index (χ0v) is 38.0. The van der Waals surface area contributed by atoms with Gasteiger partial charge in [0, 0.05) is 27.8 Å². The average molecular weight is 740 g/mol. The molecular weight excluding hydrogens is 651 g/mol. The van der Waals surface area contributed by atoms with Crippen LogP contribution < -0.4 is 0 Å². The van der Waals surface area contributed by atoms with E-state index in [-0.39, 0.29) is 54.6 Å². The summed E-state index contributed by atoms with van der Waals surface area (Å²) in [5.74, 6) is 1.78. The summed E-state index contributed by atoms with van der Waals surface area (Å²) in [6.45, 7) is 47.1. The zero-order chi connectivity index (χ0) is 46.0. The van der Waals surface area contributed by atoms with E-state index < -0.39 is 16.2 Å². The molecule has 0 saturated heterocycles. The molecule has 300 valence electrons. The predicted molar refractivity (Wildman–Crippen MR) is 244 cm³/mol. The summed E-state index contributed by atoms with van der Waals surface area (Å²) in [6.07, 6.45) is 0. The minimum Gasteiger partial charge on any atom is -0.344 e. The Kier molecular flexibility index (Phi) is 11.6. The minimum atomic E-state index is -0.852. The van der Waals surface area contributed by atoms with Crippen LogP contribution in [-0.4, -0.2) is 4.57 Å². The molecule has 0 radical (unpaired) electrons. The molecule has 1 aliphatic rings. The second kappa shape index (κ2) is 16.6. The smallest absolute Gasteiger partial charge is 0.0629 e. The van der Waals surface area contributed by atoms with Gasteiger partial charge in [-0.25, -0.2) is 0 Å². The maximum atomic E-state index is 9.06. The van der Waals surface area contributed by atoms with Gasteiger partial charge < -0.3 is 4.57 Å². The first-order chi connectivity index (χ1) is 26.5. The third-order valence-electron chi connectivity index (χ3n) is 10.8. The summed E-state index contributed by atoms with van der Waals surface area (Å²) in [5.41, 5.74) is 10.7. The highest BCUT2D eigenvalue weighted by Gasteiger charge is 2.42. The van der Waals surface area contributed by atoms with Crippen LogP contribution in [0.1, 0.15) is 232 Å². The van der Waals surface area contributed by atoms with Crippen LogP contribution in [0.4, 0.5) is 0 Å². The summed E-state index contributed by atoms with van der Waals surface area (Å²) in [6, 6.07) is 9.99. The second-order valence-electron chi connectivity index (χ2n) is 20.7. The van der Waals surface area contributed by atoms with Crippen molar-refractivity contribution in [2.45, 2.75) is 205 Å². The first kappa shape index (κ1) is 37.8. The van der Waals surface area contributed by atoms with Gasteiger partial charge in [0.1, 0.15) is 0 Å². The molecule has 0 fully saturated rings. The Hall–Kier alpha value is -3.06. The van der Waals surface area contributed by atoms with E-state index in [0.29, 0.717) is 51.1 Å². The fraction of sp³-hybridized carbons (Fsp3) is 0.585. The molecule has 54 heavy (non-hydrogen) atoms. The van der Waals surface area contributed by atoms with Crippen molar-refractivity contribution < 1.29 is 8.22 Å². The van der Waals surface area contributed by atoms with Gasteiger partial charge in [0.05, 0.1) is 8.22 Å². The molecule has 1 heteroatoms. The molecule has 1 aliphatic carbocycles. The maximum Gasteiger partial charge on any atom is 0.0629 e. The van der Waals surface area contributed by atoms with Crippen molar-refractivity contribution in [3.63, 3.8) is 0 Å². The normalized spacial score (nSPS) is 16.3. The Labute approximate surface area is 344 Å². The van der Waals surface area contributed by atoms with Crippen molar-refractivity contribution in [1.29, 1.82) is 0 Å². The lowest BCUT2D eigenvalue weighted by molar-refractivity contribution is 0.383. The third-order valence-corrected chi connectivity index (χ3v) is 10.8. The van der Waals surface area contributed by atoms with Crippen LogP contribution in [0.3, 0.4) is 0 Å². The standard InChI is InChI=1S/C23H30.C19H32.C10H17N.CH4/c1-15-9-11-17-19(13-15)23(7,8)20-14-16(21(2,3)4)10-12-18(20)22(17,5)6;1-12(2)15-10-16(13(3)4)18(19(7,8)9)17(11-15)14(5)6;1-8-6-7-9(2)11(8)10(3,4)5;/h9-14H,1-8H3;10-14H,1-9H3;6-7H,1-5H3;1H4/i9D,10D,11D,12D,13D,14D;;;. The van der Waals surface area contributed by atoms with Gasteiger partial charge in [0.25, 0.3) is 0 Å². The number of hydrogen-bond acceptors (Lipinski definition) is 0. The van der Waals surface area contributed by atoms with E-state index in [4.69, 9.17) is 8.22 Å². The molecule has 1 nitrogen and oxygen atoms in total. The summed E-state index contributed by atoms with van der Waals surface area (Å²) in [5, 5.41) is 0. The van der Waals surface area contributed by atoms with Crippen LogP contribution >= 0.6 is 0 Å². The first-order valence-electron chi connectivity index (χ1n) is 23.1. The molecule has 0 amide bonds. The van der Waals surface area contributed by atoms with E-state index in [1.165, 1.54) is 17.0 Å². The summed E-state index contributed by atoms with van der Waals surface area (Å²) >= 11 is 0. The molecule has 0 aliphatic heterocycles. The lowest BCUT2D eigenvalue weighted by atomic mass is 9.59. The van der Waals surface area contributed by atoms with Gasteiger partial charge in [-0.1, -0.05) is 172 Å². The van der Waals surface area contributed by atoms with Gasteiger partial charge in [-0.05, 0) is 132 Å². The zero-order valence-electron chi connectivity index (χ0n) is 44.0. The van der Waals surface area contributed by atoms with Gasteiger partial charge in [-0.15, -0.1) is 0 Å². The van der Waals surface area contributed by atoms with Crippen molar-refractivity contribution in [3.8, 4) is 0 Å². The van der Waals surface area contributed by atoms with Gasteiger partial charge in [-0.2, -0.15) is 0 Å². The topological polar surface area (TPSA) is 4.93 Å². The van der Waals surface area contributed by atoms with Crippen molar-refractivity contribution >= 4 is 0 Å². The monoisotopic (exact) mass is 740 g/mol. The average Bonchev–Trinajstić information content (AvgIpc) is 3.42. The van der Waals surface area contributed by atoms with Gasteiger partial charge in [0.2, 0.25) is 0 Å². The predicted octanol–water partition coefficient (Wildman–Crippen LogP) is 16.1.